The molecular weight excluding hydrogens is 380 g/mol. The second-order valence-corrected chi connectivity index (χ2v) is 8.63. The summed E-state index contributed by atoms with van der Waals surface area (Å²) in [5.74, 6) is -0.0890. The maximum atomic E-state index is 11.3. The van der Waals surface area contributed by atoms with Gasteiger partial charge in [0.15, 0.2) is 5.96 Å². The molecule has 7 nitrogen and oxygen atoms in total. The Morgan fingerprint density at radius 3 is 2.60 bits per heavy atom. The van der Waals surface area contributed by atoms with E-state index in [2.05, 4.69) is 15.1 Å². The van der Waals surface area contributed by atoms with Crippen molar-refractivity contribution < 1.29 is 14.6 Å². The second kappa shape index (κ2) is 10.3. The van der Waals surface area contributed by atoms with E-state index in [0.29, 0.717) is 6.54 Å². The standard InChI is InChI=1S/C23H34N4O3/c28-22(29)18-6-4-7-19(16-18)25-23(24-17-21-10-5-15-30-21)27-13-11-26(12-14-27)20-8-2-1-3-9-20/h4,6-7,16,20-21H,1-3,5,8-15,17H2,(H,24,25)(H,28,29)/t21-/m0/s1. The van der Waals surface area contributed by atoms with E-state index in [-0.39, 0.29) is 11.7 Å². The average Bonchev–Trinajstić information content (AvgIpc) is 3.31. The number of carbonyl (C=O) groups is 1. The summed E-state index contributed by atoms with van der Waals surface area (Å²) in [5, 5.41) is 12.7. The highest BCUT2D eigenvalue weighted by atomic mass is 16.5. The number of carboxylic acid groups (broad SMARTS) is 1. The molecule has 1 saturated carbocycles. The minimum atomic E-state index is -0.919. The lowest BCUT2D eigenvalue weighted by molar-refractivity contribution is 0.0697. The predicted molar refractivity (Wildman–Crippen MR) is 118 cm³/mol. The van der Waals surface area contributed by atoms with Gasteiger partial charge in [-0.1, -0.05) is 25.3 Å². The minimum absolute atomic E-state index is 0.190. The smallest absolute Gasteiger partial charge is 0.335 e. The van der Waals surface area contributed by atoms with Crippen molar-refractivity contribution in [1.82, 2.24) is 9.80 Å². The van der Waals surface area contributed by atoms with Gasteiger partial charge >= 0.3 is 5.97 Å². The van der Waals surface area contributed by atoms with E-state index in [1.807, 2.05) is 6.07 Å². The molecule has 4 rings (SSSR count). The molecule has 0 spiro atoms. The Kier molecular flexibility index (Phi) is 7.23. The van der Waals surface area contributed by atoms with Crippen LogP contribution in [-0.2, 0) is 4.74 Å². The number of nitrogens with zero attached hydrogens (tertiary/aromatic N) is 3. The summed E-state index contributed by atoms with van der Waals surface area (Å²) in [4.78, 5) is 21.2. The Hall–Kier alpha value is -2.12. The lowest BCUT2D eigenvalue weighted by Crippen LogP contribution is -2.53. The Morgan fingerprint density at radius 2 is 1.90 bits per heavy atom. The van der Waals surface area contributed by atoms with Crippen LogP contribution in [0.5, 0.6) is 0 Å². The monoisotopic (exact) mass is 414 g/mol. The third-order valence-corrected chi connectivity index (χ3v) is 6.54. The second-order valence-electron chi connectivity index (χ2n) is 8.63. The summed E-state index contributed by atoms with van der Waals surface area (Å²) in [5.41, 5.74) is 1.04. The van der Waals surface area contributed by atoms with E-state index in [0.717, 1.165) is 63.3 Å². The molecule has 1 aromatic carbocycles. The lowest BCUT2D eigenvalue weighted by Gasteiger charge is -2.41. The number of hydrogen-bond donors (Lipinski definition) is 2. The van der Waals surface area contributed by atoms with Gasteiger partial charge in [-0.05, 0) is 43.9 Å². The van der Waals surface area contributed by atoms with Gasteiger partial charge in [0.25, 0.3) is 0 Å². The molecule has 2 N–H and O–H groups in total. The topological polar surface area (TPSA) is 77.4 Å². The molecule has 0 bridgehead atoms. The molecule has 2 heterocycles. The van der Waals surface area contributed by atoms with Gasteiger partial charge in [-0.15, -0.1) is 0 Å². The van der Waals surface area contributed by atoms with Crippen molar-refractivity contribution in [3.63, 3.8) is 0 Å². The fraction of sp³-hybridized carbons (Fsp3) is 0.652. The highest BCUT2D eigenvalue weighted by Crippen LogP contribution is 2.24. The molecule has 3 fully saturated rings. The van der Waals surface area contributed by atoms with Crippen LogP contribution in [0.1, 0.15) is 55.3 Å². The van der Waals surface area contributed by atoms with Crippen LogP contribution >= 0.6 is 0 Å². The molecular formula is C23H34N4O3. The molecule has 2 aliphatic heterocycles. The number of nitrogens with one attached hydrogen (secondary N) is 1. The maximum Gasteiger partial charge on any atom is 0.335 e. The van der Waals surface area contributed by atoms with Crippen molar-refractivity contribution in [3.8, 4) is 0 Å². The van der Waals surface area contributed by atoms with Crippen molar-refractivity contribution in [2.45, 2.75) is 57.1 Å². The van der Waals surface area contributed by atoms with Gasteiger partial charge in [0, 0.05) is 44.5 Å². The van der Waals surface area contributed by atoms with Crippen LogP contribution < -0.4 is 5.32 Å². The van der Waals surface area contributed by atoms with Crippen LogP contribution in [0, 0.1) is 0 Å². The van der Waals surface area contributed by atoms with Crippen LogP contribution in [0.4, 0.5) is 5.69 Å². The van der Waals surface area contributed by atoms with E-state index in [9.17, 15) is 9.90 Å². The van der Waals surface area contributed by atoms with Gasteiger partial charge in [-0.25, -0.2) is 4.79 Å². The molecule has 1 aromatic rings. The van der Waals surface area contributed by atoms with E-state index in [1.54, 1.807) is 18.2 Å². The van der Waals surface area contributed by atoms with Gasteiger partial charge in [-0.3, -0.25) is 9.89 Å². The Labute approximate surface area is 179 Å². The normalized spacial score (nSPS) is 24.2. The van der Waals surface area contributed by atoms with Crippen LogP contribution in [0.2, 0.25) is 0 Å². The Morgan fingerprint density at radius 1 is 1.10 bits per heavy atom. The average molecular weight is 415 g/mol. The van der Waals surface area contributed by atoms with Crippen molar-refractivity contribution in [3.05, 3.63) is 29.8 Å². The molecule has 3 aliphatic rings. The Bertz CT molecular complexity index is 734. The van der Waals surface area contributed by atoms with E-state index in [1.165, 1.54) is 32.1 Å². The summed E-state index contributed by atoms with van der Waals surface area (Å²) in [7, 11) is 0. The van der Waals surface area contributed by atoms with Gasteiger partial charge in [0.2, 0.25) is 0 Å². The van der Waals surface area contributed by atoms with Crippen molar-refractivity contribution in [1.29, 1.82) is 0 Å². The van der Waals surface area contributed by atoms with Crippen LogP contribution in [0.15, 0.2) is 29.3 Å². The predicted octanol–water partition coefficient (Wildman–Crippen LogP) is 3.28. The van der Waals surface area contributed by atoms with Crippen molar-refractivity contribution >= 4 is 17.6 Å². The molecule has 164 valence electrons. The maximum absolute atomic E-state index is 11.3. The van der Waals surface area contributed by atoms with Gasteiger partial charge < -0.3 is 20.1 Å². The third-order valence-electron chi connectivity index (χ3n) is 6.54. The summed E-state index contributed by atoms with van der Waals surface area (Å²) < 4.78 is 5.75. The highest BCUT2D eigenvalue weighted by molar-refractivity contribution is 5.95. The molecule has 0 amide bonds. The van der Waals surface area contributed by atoms with Crippen molar-refractivity contribution in [2.24, 2.45) is 4.99 Å². The highest BCUT2D eigenvalue weighted by Gasteiger charge is 2.27. The first-order chi connectivity index (χ1) is 14.7. The zero-order valence-electron chi connectivity index (χ0n) is 17.8. The first-order valence-corrected chi connectivity index (χ1v) is 11.4. The number of hydrogen-bond acceptors (Lipinski definition) is 4. The summed E-state index contributed by atoms with van der Waals surface area (Å²) in [6, 6.07) is 7.69. The molecule has 2 saturated heterocycles. The van der Waals surface area contributed by atoms with Crippen LogP contribution in [0.3, 0.4) is 0 Å². The van der Waals surface area contributed by atoms with Gasteiger partial charge in [0.05, 0.1) is 18.2 Å². The van der Waals surface area contributed by atoms with Crippen LogP contribution in [0.25, 0.3) is 0 Å². The minimum Gasteiger partial charge on any atom is -0.478 e. The molecule has 0 radical (unpaired) electrons. The molecule has 1 atom stereocenters. The summed E-state index contributed by atoms with van der Waals surface area (Å²) in [6.07, 6.45) is 9.12. The molecule has 1 aliphatic carbocycles. The number of benzene rings is 1. The number of rotatable bonds is 5. The van der Waals surface area contributed by atoms with E-state index < -0.39 is 5.97 Å². The van der Waals surface area contributed by atoms with Gasteiger partial charge in [0.1, 0.15) is 0 Å². The number of anilines is 1. The summed E-state index contributed by atoms with van der Waals surface area (Å²) >= 11 is 0. The fourth-order valence-electron chi connectivity index (χ4n) is 4.80. The first kappa shape index (κ1) is 21.1. The largest absolute Gasteiger partial charge is 0.478 e. The summed E-state index contributed by atoms with van der Waals surface area (Å²) in [6.45, 7) is 5.45. The lowest BCUT2D eigenvalue weighted by atomic mass is 9.94. The first-order valence-electron chi connectivity index (χ1n) is 11.4. The molecule has 0 unspecified atom stereocenters. The van der Waals surface area contributed by atoms with Crippen LogP contribution in [-0.4, -0.2) is 78.3 Å². The number of carboxylic acids is 1. The molecule has 30 heavy (non-hydrogen) atoms. The number of guanidine groups is 1. The fourth-order valence-corrected chi connectivity index (χ4v) is 4.80. The molecule has 7 heteroatoms. The number of ether oxygens (including phenoxy) is 1. The van der Waals surface area contributed by atoms with E-state index in [4.69, 9.17) is 9.73 Å². The zero-order valence-corrected chi connectivity index (χ0v) is 17.8. The van der Waals surface area contributed by atoms with Gasteiger partial charge in [-0.2, -0.15) is 0 Å². The Balaban J connectivity index is 1.43. The SMILES string of the molecule is O=C(O)c1cccc(NC(=NC[C@@H]2CCCO2)N2CCN(C3CCCCC3)CC2)c1. The number of aliphatic imine (C=N–C) groups is 1. The quantitative estimate of drug-likeness (QED) is 0.569. The van der Waals surface area contributed by atoms with Crippen molar-refractivity contribution in [2.75, 3.05) is 44.6 Å². The zero-order chi connectivity index (χ0) is 20.8. The molecule has 0 aromatic heterocycles. The number of piperazine rings is 1. The third kappa shape index (κ3) is 5.52. The number of aromatic carboxylic acids is 1. The van der Waals surface area contributed by atoms with E-state index >= 15 is 0 Å².